The predicted octanol–water partition coefficient (Wildman–Crippen LogP) is 17.9. The molecule has 6 nitrogen and oxygen atoms in total. The van der Waals surface area contributed by atoms with E-state index in [0.717, 1.165) is 50.8 Å². The molecule has 6 heteroatoms. The molecule has 0 radical (unpaired) electrons. The van der Waals surface area contributed by atoms with E-state index >= 15 is 0 Å². The van der Waals surface area contributed by atoms with Gasteiger partial charge in [0.05, 0.1) is 39.1 Å². The van der Waals surface area contributed by atoms with Gasteiger partial charge in [0.15, 0.2) is 0 Å². The highest BCUT2D eigenvalue weighted by Gasteiger charge is 2.34. The molecule has 72 heavy (non-hydrogen) atoms. The van der Waals surface area contributed by atoms with E-state index in [4.69, 9.17) is 9.72 Å². The van der Waals surface area contributed by atoms with Gasteiger partial charge in [-0.05, 0) is 129 Å². The number of nitrogens with zero attached hydrogens (tertiary/aromatic N) is 5. The van der Waals surface area contributed by atoms with E-state index in [-0.39, 0.29) is 16.2 Å². The van der Waals surface area contributed by atoms with Crippen molar-refractivity contribution >= 4 is 66.4 Å². The Labute approximate surface area is 423 Å². The summed E-state index contributed by atoms with van der Waals surface area (Å²) in [4.78, 5) is 9.96. The van der Waals surface area contributed by atoms with Crippen LogP contribution in [0.5, 0.6) is 11.5 Å². The van der Waals surface area contributed by atoms with Crippen molar-refractivity contribution in [1.29, 1.82) is 0 Å². The molecule has 8 aromatic carbocycles. The van der Waals surface area contributed by atoms with Gasteiger partial charge in [-0.1, -0.05) is 153 Å². The molecule has 1 aliphatic rings. The van der Waals surface area contributed by atoms with E-state index < -0.39 is 0 Å². The van der Waals surface area contributed by atoms with E-state index in [2.05, 4.69) is 269 Å². The van der Waals surface area contributed by atoms with Crippen LogP contribution in [0.4, 0.5) is 22.7 Å². The highest BCUT2D eigenvalue weighted by molar-refractivity contribution is 6.12. The average Bonchev–Trinajstić information content (AvgIpc) is 4.04. The molecular weight excluding hydrogens is 879 g/mol. The largest absolute Gasteiger partial charge is 0.457 e. The topological polar surface area (TPSA) is 38.5 Å². The number of benzene rings is 8. The Bertz CT molecular complexity index is 3810. The highest BCUT2D eigenvalue weighted by Crippen LogP contribution is 2.51. The quantitative estimate of drug-likeness (QED) is 0.160. The van der Waals surface area contributed by atoms with Gasteiger partial charge in [0.2, 0.25) is 0 Å². The molecule has 4 heterocycles. The number of ether oxygens (including phenoxy) is 1. The normalized spacial score (nSPS) is 13.2. The Morgan fingerprint density at radius 2 is 1.00 bits per heavy atom. The first-order valence-electron chi connectivity index (χ1n) is 25.3. The van der Waals surface area contributed by atoms with Crippen LogP contribution in [0.15, 0.2) is 194 Å². The molecule has 0 aliphatic carbocycles. The Hall–Kier alpha value is -8.09. The molecule has 0 N–H and O–H groups in total. The number of fused-ring (bicyclic) bond motifs is 7. The van der Waals surface area contributed by atoms with Gasteiger partial charge in [0, 0.05) is 51.2 Å². The monoisotopic (exact) mass is 939 g/mol. The van der Waals surface area contributed by atoms with E-state index in [1.165, 1.54) is 66.4 Å². The first-order valence-corrected chi connectivity index (χ1v) is 25.3. The second-order valence-corrected chi connectivity index (χ2v) is 22.6. The van der Waals surface area contributed by atoms with Crippen molar-refractivity contribution in [2.75, 3.05) is 16.5 Å². The minimum absolute atomic E-state index is 0.0401. The third kappa shape index (κ3) is 7.77. The van der Waals surface area contributed by atoms with Gasteiger partial charge in [-0.3, -0.25) is 4.57 Å². The summed E-state index contributed by atoms with van der Waals surface area (Å²) in [6.07, 6.45) is 1.94. The van der Waals surface area contributed by atoms with Gasteiger partial charge in [-0.2, -0.15) is 0 Å². The predicted molar refractivity (Wildman–Crippen MR) is 303 cm³/mol. The molecule has 11 aromatic rings. The summed E-state index contributed by atoms with van der Waals surface area (Å²) in [6, 6.07) is 68.4. The van der Waals surface area contributed by atoms with Gasteiger partial charge < -0.3 is 19.1 Å². The number of pyridine rings is 1. The lowest BCUT2D eigenvalue weighted by Gasteiger charge is -2.30. The van der Waals surface area contributed by atoms with Crippen molar-refractivity contribution < 1.29 is 4.74 Å². The lowest BCUT2D eigenvalue weighted by atomic mass is 9.80. The summed E-state index contributed by atoms with van der Waals surface area (Å²) < 4.78 is 11.7. The Kier molecular flexibility index (Phi) is 10.5. The molecule has 3 aromatic heterocycles. The minimum atomic E-state index is -0.0499. The van der Waals surface area contributed by atoms with Crippen LogP contribution in [0, 0.1) is 0 Å². The Morgan fingerprint density at radius 1 is 0.389 bits per heavy atom. The molecular formula is C66H61N5O. The molecule has 0 unspecified atom stereocenters. The number of hydrogen-bond donors (Lipinski definition) is 0. The third-order valence-corrected chi connectivity index (χ3v) is 14.7. The molecule has 0 saturated heterocycles. The molecule has 0 spiro atoms. The van der Waals surface area contributed by atoms with Crippen molar-refractivity contribution in [2.24, 2.45) is 0 Å². The fourth-order valence-electron chi connectivity index (χ4n) is 10.7. The smallest absolute Gasteiger partial charge is 0.137 e. The first-order chi connectivity index (χ1) is 34.6. The van der Waals surface area contributed by atoms with Gasteiger partial charge in [0.25, 0.3) is 0 Å². The van der Waals surface area contributed by atoms with Crippen molar-refractivity contribution in [3.63, 3.8) is 0 Å². The van der Waals surface area contributed by atoms with Crippen LogP contribution in [-0.2, 0) is 16.2 Å². The van der Waals surface area contributed by atoms with Crippen molar-refractivity contribution in [1.82, 2.24) is 14.1 Å². The summed E-state index contributed by atoms with van der Waals surface area (Å²) in [5.74, 6) is 2.40. The number of rotatable bonds is 7. The molecule has 0 bridgehead atoms. The van der Waals surface area contributed by atoms with Gasteiger partial charge >= 0.3 is 0 Å². The summed E-state index contributed by atoms with van der Waals surface area (Å²) >= 11 is 0. The lowest BCUT2D eigenvalue weighted by Crippen LogP contribution is -2.25. The zero-order chi connectivity index (χ0) is 49.7. The van der Waals surface area contributed by atoms with Crippen molar-refractivity contribution in [2.45, 2.75) is 78.6 Å². The van der Waals surface area contributed by atoms with Crippen LogP contribution in [0.3, 0.4) is 0 Å². The zero-order valence-corrected chi connectivity index (χ0v) is 42.8. The Morgan fingerprint density at radius 3 is 1.69 bits per heavy atom. The minimum Gasteiger partial charge on any atom is -0.457 e. The summed E-state index contributed by atoms with van der Waals surface area (Å²) in [5, 5.41) is 4.80. The SMILES string of the molecule is CC(C)(C)c1cc(N2CN(c3cccc(Oc4ccc5c6cc(-c7ccccc7)ccc6n(-c6cc(C(C)(C)C)ccn6)c5c4)c3)c3cccc(-n4c5ccccc5c5ccccc54)c32)cc(C(C)(C)C)c1. The van der Waals surface area contributed by atoms with Crippen LogP contribution in [-0.4, -0.2) is 20.8 Å². The van der Waals surface area contributed by atoms with Crippen LogP contribution >= 0.6 is 0 Å². The molecule has 0 saturated carbocycles. The number of aromatic nitrogens is 3. The van der Waals surface area contributed by atoms with E-state index in [1.54, 1.807) is 0 Å². The fourth-order valence-corrected chi connectivity index (χ4v) is 10.7. The van der Waals surface area contributed by atoms with E-state index in [9.17, 15) is 0 Å². The summed E-state index contributed by atoms with van der Waals surface area (Å²) in [5.41, 5.74) is 16.3. The molecule has 1 aliphatic heterocycles. The first kappa shape index (κ1) is 45.1. The maximum Gasteiger partial charge on any atom is 0.137 e. The molecule has 0 amide bonds. The van der Waals surface area contributed by atoms with Crippen LogP contribution in [0.25, 0.3) is 66.2 Å². The number of anilines is 4. The van der Waals surface area contributed by atoms with E-state index in [1.807, 2.05) is 6.20 Å². The number of hydrogen-bond acceptors (Lipinski definition) is 4. The van der Waals surface area contributed by atoms with Gasteiger partial charge in [-0.25, -0.2) is 4.98 Å². The van der Waals surface area contributed by atoms with Crippen molar-refractivity contribution in [3.05, 3.63) is 211 Å². The van der Waals surface area contributed by atoms with Crippen LogP contribution < -0.4 is 14.5 Å². The fraction of sp³-hybridized carbons (Fsp3) is 0.197. The molecule has 0 atom stereocenters. The Balaban J connectivity index is 0.990. The zero-order valence-electron chi connectivity index (χ0n) is 42.8. The second kappa shape index (κ2) is 16.8. The maximum atomic E-state index is 6.95. The lowest BCUT2D eigenvalue weighted by molar-refractivity contribution is 0.483. The van der Waals surface area contributed by atoms with Crippen LogP contribution in [0.2, 0.25) is 0 Å². The second-order valence-electron chi connectivity index (χ2n) is 22.6. The standard InChI is InChI=1S/C66H61N5O/c1-64(2,3)45-33-34-67-62(39-45)71-58-32-29-44(43-19-11-10-12-20-43)35-55(58)54-31-30-51(41-61(54)71)72-50-22-17-21-48(40-50)68-42-69(49-37-46(65(4,5)6)36-47(38-49)66(7,8)9)63-59(68)27-18-28-60(63)70-56-25-15-13-23-52(56)53-24-14-16-26-57(53)70/h10-41H,42H2,1-9H3. The molecule has 0 fully saturated rings. The third-order valence-electron chi connectivity index (χ3n) is 14.7. The molecule has 12 rings (SSSR count). The summed E-state index contributed by atoms with van der Waals surface area (Å²) in [7, 11) is 0. The summed E-state index contributed by atoms with van der Waals surface area (Å²) in [6.45, 7) is 21.3. The number of para-hydroxylation sites is 3. The van der Waals surface area contributed by atoms with E-state index in [0.29, 0.717) is 6.67 Å². The van der Waals surface area contributed by atoms with Gasteiger partial charge in [0.1, 0.15) is 24.0 Å². The molecule has 356 valence electrons. The average molecular weight is 940 g/mol. The van der Waals surface area contributed by atoms with Gasteiger partial charge in [-0.15, -0.1) is 0 Å². The highest BCUT2D eigenvalue weighted by atomic mass is 16.5. The maximum absolute atomic E-state index is 6.95. The van der Waals surface area contributed by atoms with Crippen LogP contribution in [0.1, 0.15) is 79.0 Å². The van der Waals surface area contributed by atoms with Crippen molar-refractivity contribution in [3.8, 4) is 34.1 Å².